The summed E-state index contributed by atoms with van der Waals surface area (Å²) < 4.78 is 0. The Morgan fingerprint density at radius 3 is 2.29 bits per heavy atom. The molecular weight excluding hydrogens is 440 g/mol. The van der Waals surface area contributed by atoms with Gasteiger partial charge in [-0.2, -0.15) is 0 Å². The first kappa shape index (κ1) is 23.8. The molecule has 0 aliphatic heterocycles. The van der Waals surface area contributed by atoms with E-state index >= 15 is 0 Å². The Labute approximate surface area is 205 Å². The molecule has 1 unspecified atom stereocenters. The second-order valence-corrected chi connectivity index (χ2v) is 10.4. The number of hydrogen-bond acceptors (Lipinski definition) is 5. The molecule has 0 fully saturated rings. The lowest BCUT2D eigenvalue weighted by Gasteiger charge is -2.33. The molecule has 4 aromatic rings. The minimum Gasteiger partial charge on any atom is -0.300 e. The SMILES string of the molecule is CC(C)Cc1ccc(-c2ccc(C(c3ccccc3)C(C)(C)C(=O)Nc3nncs3)cn2)cc1. The van der Waals surface area contributed by atoms with Crippen molar-refractivity contribution < 1.29 is 4.79 Å². The zero-order valence-corrected chi connectivity index (χ0v) is 20.8. The van der Waals surface area contributed by atoms with Gasteiger partial charge in [-0.15, -0.1) is 10.2 Å². The molecule has 1 amide bonds. The number of benzene rings is 2. The summed E-state index contributed by atoms with van der Waals surface area (Å²) >= 11 is 1.31. The van der Waals surface area contributed by atoms with Gasteiger partial charge in [-0.1, -0.05) is 99.7 Å². The summed E-state index contributed by atoms with van der Waals surface area (Å²) in [6.45, 7) is 8.38. The van der Waals surface area contributed by atoms with Crippen LogP contribution in [0.3, 0.4) is 0 Å². The highest BCUT2D eigenvalue weighted by molar-refractivity contribution is 7.13. The van der Waals surface area contributed by atoms with Gasteiger partial charge in [-0.3, -0.25) is 9.78 Å². The molecule has 2 aromatic heterocycles. The number of carbonyl (C=O) groups is 1. The number of nitrogens with one attached hydrogen (secondary N) is 1. The molecule has 2 heterocycles. The van der Waals surface area contributed by atoms with Gasteiger partial charge < -0.3 is 5.32 Å². The summed E-state index contributed by atoms with van der Waals surface area (Å²) in [4.78, 5) is 18.1. The van der Waals surface area contributed by atoms with Gasteiger partial charge in [0.05, 0.1) is 11.1 Å². The first-order valence-electron chi connectivity index (χ1n) is 11.5. The lowest BCUT2D eigenvalue weighted by molar-refractivity contribution is -0.124. The van der Waals surface area contributed by atoms with Crippen molar-refractivity contribution in [2.24, 2.45) is 11.3 Å². The van der Waals surface area contributed by atoms with E-state index in [0.29, 0.717) is 11.0 Å². The highest BCUT2D eigenvalue weighted by Gasteiger charge is 2.39. The lowest BCUT2D eigenvalue weighted by Crippen LogP contribution is -2.37. The quantitative estimate of drug-likeness (QED) is 0.315. The molecule has 5 nitrogen and oxygen atoms in total. The second-order valence-electron chi connectivity index (χ2n) is 9.54. The third-order valence-corrected chi connectivity index (χ3v) is 6.64. The van der Waals surface area contributed by atoms with Crippen molar-refractivity contribution in [1.82, 2.24) is 15.2 Å². The van der Waals surface area contributed by atoms with E-state index in [1.54, 1.807) is 5.51 Å². The summed E-state index contributed by atoms with van der Waals surface area (Å²) in [5.74, 6) is 0.338. The smallest absolute Gasteiger partial charge is 0.232 e. The Bertz CT molecular complexity index is 1200. The molecule has 1 atom stereocenters. The Hall–Kier alpha value is -3.38. The van der Waals surface area contributed by atoms with E-state index in [1.165, 1.54) is 16.9 Å². The van der Waals surface area contributed by atoms with Crippen molar-refractivity contribution in [3.63, 3.8) is 0 Å². The summed E-state index contributed by atoms with van der Waals surface area (Å²) in [5, 5.41) is 11.2. The normalized spacial score (nSPS) is 12.5. The van der Waals surface area contributed by atoms with Gasteiger partial charge in [0.1, 0.15) is 5.51 Å². The van der Waals surface area contributed by atoms with Crippen LogP contribution in [0.1, 0.15) is 50.3 Å². The summed E-state index contributed by atoms with van der Waals surface area (Å²) in [5.41, 5.74) is 6.25. The average Bonchev–Trinajstić information content (AvgIpc) is 3.33. The number of nitrogens with zero attached hydrogens (tertiary/aromatic N) is 3. The van der Waals surface area contributed by atoms with E-state index < -0.39 is 5.41 Å². The van der Waals surface area contributed by atoms with E-state index in [2.05, 4.69) is 71.8 Å². The van der Waals surface area contributed by atoms with Crippen LogP contribution in [0.5, 0.6) is 0 Å². The van der Waals surface area contributed by atoms with Crippen molar-refractivity contribution in [3.05, 3.63) is 95.1 Å². The Balaban J connectivity index is 1.64. The van der Waals surface area contributed by atoms with Crippen LogP contribution in [0.25, 0.3) is 11.3 Å². The van der Waals surface area contributed by atoms with E-state index in [1.807, 2.05) is 44.3 Å². The molecule has 1 N–H and O–H groups in total. The van der Waals surface area contributed by atoms with Gasteiger partial charge in [0.25, 0.3) is 0 Å². The van der Waals surface area contributed by atoms with Crippen LogP contribution in [0.2, 0.25) is 0 Å². The van der Waals surface area contributed by atoms with E-state index in [9.17, 15) is 4.79 Å². The molecule has 0 aliphatic carbocycles. The minimum atomic E-state index is -0.755. The Morgan fingerprint density at radius 1 is 0.971 bits per heavy atom. The van der Waals surface area contributed by atoms with E-state index in [-0.39, 0.29) is 11.8 Å². The van der Waals surface area contributed by atoms with E-state index in [0.717, 1.165) is 28.8 Å². The Morgan fingerprint density at radius 2 is 1.71 bits per heavy atom. The fraction of sp³-hybridized carbons (Fsp3) is 0.286. The molecule has 0 spiro atoms. The molecule has 0 radical (unpaired) electrons. The van der Waals surface area contributed by atoms with Crippen LogP contribution in [0.4, 0.5) is 5.13 Å². The van der Waals surface area contributed by atoms with Crippen molar-refractivity contribution in [3.8, 4) is 11.3 Å². The highest BCUT2D eigenvalue weighted by Crippen LogP contribution is 2.42. The predicted molar refractivity (Wildman–Crippen MR) is 139 cm³/mol. The summed E-state index contributed by atoms with van der Waals surface area (Å²) in [6, 6.07) is 22.9. The minimum absolute atomic E-state index is 0.108. The fourth-order valence-electron chi connectivity index (χ4n) is 4.32. The van der Waals surface area contributed by atoms with Crippen molar-refractivity contribution in [1.29, 1.82) is 0 Å². The number of pyridine rings is 1. The van der Waals surface area contributed by atoms with Crippen molar-refractivity contribution >= 4 is 22.4 Å². The largest absolute Gasteiger partial charge is 0.300 e. The van der Waals surface area contributed by atoms with Crippen LogP contribution < -0.4 is 5.32 Å². The van der Waals surface area contributed by atoms with Gasteiger partial charge >= 0.3 is 0 Å². The third-order valence-electron chi connectivity index (χ3n) is 6.03. The monoisotopic (exact) mass is 470 g/mol. The maximum atomic E-state index is 13.3. The van der Waals surface area contributed by atoms with Crippen LogP contribution >= 0.6 is 11.3 Å². The van der Waals surface area contributed by atoms with Crippen LogP contribution in [0.15, 0.2) is 78.4 Å². The third kappa shape index (κ3) is 5.39. The summed E-state index contributed by atoms with van der Waals surface area (Å²) in [7, 11) is 0. The van der Waals surface area contributed by atoms with Crippen LogP contribution in [-0.4, -0.2) is 21.1 Å². The number of anilines is 1. The fourth-order valence-corrected chi connectivity index (χ4v) is 4.76. The second kappa shape index (κ2) is 10.3. The number of hydrogen-bond donors (Lipinski definition) is 1. The maximum Gasteiger partial charge on any atom is 0.232 e. The van der Waals surface area contributed by atoms with Gasteiger partial charge in [0.15, 0.2) is 0 Å². The molecule has 2 aromatic carbocycles. The van der Waals surface area contributed by atoms with Gasteiger partial charge in [-0.05, 0) is 35.1 Å². The maximum absolute atomic E-state index is 13.3. The summed E-state index contributed by atoms with van der Waals surface area (Å²) in [6.07, 6.45) is 2.97. The highest BCUT2D eigenvalue weighted by atomic mass is 32.1. The van der Waals surface area contributed by atoms with Gasteiger partial charge in [0, 0.05) is 17.7 Å². The van der Waals surface area contributed by atoms with Crippen molar-refractivity contribution in [2.45, 2.75) is 40.0 Å². The standard InChI is InChI=1S/C28H30N4OS/c1-19(2)16-20-10-12-21(13-11-20)24-15-14-23(17-29-24)25(22-8-6-5-7-9-22)28(3,4)26(33)31-27-32-30-18-34-27/h5-15,17-19,25H,16H2,1-4H3,(H,31,32,33). The molecule has 34 heavy (non-hydrogen) atoms. The topological polar surface area (TPSA) is 67.8 Å². The molecule has 4 rings (SSSR count). The first-order valence-corrected chi connectivity index (χ1v) is 12.4. The molecule has 0 saturated carbocycles. The Kier molecular flexibility index (Phi) is 7.17. The zero-order valence-electron chi connectivity index (χ0n) is 20.0. The van der Waals surface area contributed by atoms with Crippen LogP contribution in [0, 0.1) is 11.3 Å². The van der Waals surface area contributed by atoms with Crippen LogP contribution in [-0.2, 0) is 11.2 Å². The number of rotatable bonds is 8. The van der Waals surface area contributed by atoms with Gasteiger partial charge in [-0.25, -0.2) is 0 Å². The molecule has 0 bridgehead atoms. The number of aromatic nitrogens is 3. The number of amides is 1. The molecule has 174 valence electrons. The van der Waals surface area contributed by atoms with Crippen molar-refractivity contribution in [2.75, 3.05) is 5.32 Å². The van der Waals surface area contributed by atoms with Gasteiger partial charge in [0.2, 0.25) is 11.0 Å². The first-order chi connectivity index (χ1) is 16.3. The average molecular weight is 471 g/mol. The van der Waals surface area contributed by atoms with E-state index in [4.69, 9.17) is 4.98 Å². The molecule has 0 saturated heterocycles. The lowest BCUT2D eigenvalue weighted by atomic mass is 9.71. The predicted octanol–water partition coefficient (Wildman–Crippen LogP) is 6.60. The number of carbonyl (C=O) groups excluding carboxylic acids is 1. The zero-order chi connectivity index (χ0) is 24.1. The molecule has 6 heteroatoms. The molecule has 0 aliphatic rings. The molecular formula is C28H30N4OS.